The van der Waals surface area contributed by atoms with Gasteiger partial charge in [-0.3, -0.25) is 4.79 Å². The lowest BCUT2D eigenvalue weighted by molar-refractivity contribution is 0.0955. The Bertz CT molecular complexity index is 1960. The number of benzene rings is 4. The summed E-state index contributed by atoms with van der Waals surface area (Å²) >= 11 is 0. The molecule has 0 unspecified atom stereocenters. The van der Waals surface area contributed by atoms with Gasteiger partial charge in [-0.2, -0.15) is 15.6 Å². The number of aromatic amines is 2. The van der Waals surface area contributed by atoms with Crippen molar-refractivity contribution < 1.29 is 9.53 Å². The molecule has 0 radical (unpaired) electrons. The minimum Gasteiger partial charge on any atom is -0.496 e. The van der Waals surface area contributed by atoms with E-state index >= 15 is 0 Å². The van der Waals surface area contributed by atoms with Crippen LogP contribution < -0.4 is 10.2 Å². The Morgan fingerprint density at radius 3 is 2.02 bits per heavy atom. The number of hydrazone groups is 1. The minimum absolute atomic E-state index is 0.254. The summed E-state index contributed by atoms with van der Waals surface area (Å²) in [5.74, 6) is 0.0565. The number of nitriles is 2. The van der Waals surface area contributed by atoms with Gasteiger partial charge in [-0.1, -0.05) is 24.3 Å². The number of fused-ring (bicyclic) bond motifs is 2. The van der Waals surface area contributed by atoms with Crippen molar-refractivity contribution in [2.24, 2.45) is 5.10 Å². The van der Waals surface area contributed by atoms with E-state index in [1.54, 1.807) is 37.6 Å². The van der Waals surface area contributed by atoms with E-state index in [1.165, 1.54) is 0 Å². The highest BCUT2D eigenvalue weighted by Gasteiger charge is 2.24. The topological polar surface area (TPSA) is 130 Å². The van der Waals surface area contributed by atoms with Crippen molar-refractivity contribution >= 4 is 33.9 Å². The highest BCUT2D eigenvalue weighted by molar-refractivity contribution is 5.95. The minimum atomic E-state index is -0.347. The van der Waals surface area contributed by atoms with E-state index in [-0.39, 0.29) is 11.8 Å². The second-order valence-electron chi connectivity index (χ2n) is 9.73. The summed E-state index contributed by atoms with van der Waals surface area (Å²) in [5.41, 5.74) is 9.62. The van der Waals surface area contributed by atoms with Gasteiger partial charge in [0.05, 0.1) is 36.6 Å². The SMILES string of the molecule is COc1ccccc1/C=N/NC(=O)c1ccc(C(c2c[nH]c3ccc(C#N)cc23)c2c[nH]c3ccc(C#N)cc23)cc1. The Morgan fingerprint density at radius 2 is 1.45 bits per heavy atom. The fraction of sp³-hybridized carbons (Fsp3) is 0.0588. The number of carbonyl (C=O) groups excluding carboxylic acids is 1. The zero-order valence-corrected chi connectivity index (χ0v) is 22.6. The Balaban J connectivity index is 1.38. The molecule has 0 atom stereocenters. The number of hydrogen-bond acceptors (Lipinski definition) is 5. The second kappa shape index (κ2) is 11.2. The molecule has 2 aromatic heterocycles. The number of nitrogens with one attached hydrogen (secondary N) is 3. The standard InChI is InChI=1S/C34H24N6O2/c1-42-32-5-3-2-4-25(32)18-39-40-34(41)24-10-8-23(9-11-24)33(28-19-37-30-12-6-21(16-35)14-26(28)30)29-20-38-31-13-7-22(17-36)15-27(29)31/h2-15,18-20,33,37-38H,1H3,(H,40,41)/b39-18+. The van der Waals surface area contributed by atoms with Crippen LogP contribution in [0.4, 0.5) is 0 Å². The molecule has 6 aromatic rings. The molecule has 0 saturated heterocycles. The first-order valence-electron chi connectivity index (χ1n) is 13.2. The number of para-hydroxylation sites is 1. The van der Waals surface area contributed by atoms with Gasteiger partial charge in [0.1, 0.15) is 5.75 Å². The zero-order valence-electron chi connectivity index (χ0n) is 22.6. The highest BCUT2D eigenvalue weighted by atomic mass is 16.5. The van der Waals surface area contributed by atoms with Crippen molar-refractivity contribution in [1.82, 2.24) is 15.4 Å². The smallest absolute Gasteiger partial charge is 0.271 e. The predicted octanol–water partition coefficient (Wildman–Crippen LogP) is 6.35. The molecule has 0 aliphatic rings. The Hall–Kier alpha value is -6.12. The van der Waals surface area contributed by atoms with Gasteiger partial charge in [0.2, 0.25) is 0 Å². The first-order chi connectivity index (χ1) is 20.6. The van der Waals surface area contributed by atoms with Crippen LogP contribution in [0.1, 0.15) is 49.7 Å². The zero-order chi connectivity index (χ0) is 29.1. The Kier molecular flexibility index (Phi) is 6.94. The number of amides is 1. The summed E-state index contributed by atoms with van der Waals surface area (Å²) in [5, 5.41) is 25.1. The summed E-state index contributed by atoms with van der Waals surface area (Å²) < 4.78 is 5.32. The Labute approximate surface area is 241 Å². The number of carbonyl (C=O) groups is 1. The highest BCUT2D eigenvalue weighted by Crippen LogP contribution is 2.40. The van der Waals surface area contributed by atoms with Crippen LogP contribution in [0.3, 0.4) is 0 Å². The molecule has 0 aliphatic carbocycles. The summed E-state index contributed by atoms with van der Waals surface area (Å²) in [6.45, 7) is 0. The van der Waals surface area contributed by atoms with Gasteiger partial charge in [0.25, 0.3) is 5.91 Å². The first kappa shape index (κ1) is 26.1. The molecular weight excluding hydrogens is 524 g/mol. The summed E-state index contributed by atoms with van der Waals surface area (Å²) in [4.78, 5) is 19.6. The molecule has 0 fully saturated rings. The molecule has 0 bridgehead atoms. The molecule has 2 heterocycles. The molecule has 202 valence electrons. The van der Waals surface area contributed by atoms with E-state index in [4.69, 9.17) is 4.74 Å². The van der Waals surface area contributed by atoms with E-state index < -0.39 is 0 Å². The fourth-order valence-electron chi connectivity index (χ4n) is 5.25. The lowest BCUT2D eigenvalue weighted by Gasteiger charge is -2.18. The van der Waals surface area contributed by atoms with Crippen LogP contribution in [0.2, 0.25) is 0 Å². The van der Waals surface area contributed by atoms with Crippen LogP contribution in [-0.2, 0) is 0 Å². The lowest BCUT2D eigenvalue weighted by Crippen LogP contribution is -2.17. The quantitative estimate of drug-likeness (QED) is 0.159. The summed E-state index contributed by atoms with van der Waals surface area (Å²) in [6.07, 6.45) is 5.45. The van der Waals surface area contributed by atoms with Crippen molar-refractivity contribution in [2.75, 3.05) is 7.11 Å². The average molecular weight is 549 g/mol. The Morgan fingerprint density at radius 1 is 0.857 bits per heavy atom. The van der Waals surface area contributed by atoms with Gasteiger partial charge in [-0.05, 0) is 77.4 Å². The largest absolute Gasteiger partial charge is 0.496 e. The molecule has 1 amide bonds. The molecule has 42 heavy (non-hydrogen) atoms. The fourth-order valence-corrected chi connectivity index (χ4v) is 5.25. The van der Waals surface area contributed by atoms with Crippen molar-refractivity contribution in [3.05, 3.63) is 136 Å². The molecule has 8 heteroatoms. The first-order valence-corrected chi connectivity index (χ1v) is 13.2. The molecule has 0 spiro atoms. The number of ether oxygens (including phenoxy) is 1. The molecule has 6 rings (SSSR count). The third-order valence-electron chi connectivity index (χ3n) is 7.32. The number of aromatic nitrogens is 2. The van der Waals surface area contributed by atoms with E-state index in [0.29, 0.717) is 22.4 Å². The van der Waals surface area contributed by atoms with E-state index in [1.807, 2.05) is 73.1 Å². The van der Waals surface area contributed by atoms with E-state index in [2.05, 4.69) is 32.6 Å². The van der Waals surface area contributed by atoms with Crippen LogP contribution in [0.15, 0.2) is 102 Å². The number of H-pyrrole nitrogens is 2. The van der Waals surface area contributed by atoms with Crippen LogP contribution in [-0.4, -0.2) is 29.2 Å². The molecular formula is C34H24N6O2. The van der Waals surface area contributed by atoms with Crippen molar-refractivity contribution in [3.63, 3.8) is 0 Å². The summed E-state index contributed by atoms with van der Waals surface area (Å²) in [6, 6.07) is 30.3. The van der Waals surface area contributed by atoms with E-state index in [9.17, 15) is 15.3 Å². The van der Waals surface area contributed by atoms with Crippen LogP contribution >= 0.6 is 0 Å². The maximum atomic E-state index is 12.9. The normalized spacial score (nSPS) is 11.1. The van der Waals surface area contributed by atoms with Crippen LogP contribution in [0.5, 0.6) is 5.75 Å². The molecule has 8 nitrogen and oxygen atoms in total. The number of methoxy groups -OCH3 is 1. The average Bonchev–Trinajstić information content (AvgIpc) is 3.65. The second-order valence-corrected chi connectivity index (χ2v) is 9.73. The summed E-state index contributed by atoms with van der Waals surface area (Å²) in [7, 11) is 1.58. The molecule has 0 saturated carbocycles. The van der Waals surface area contributed by atoms with E-state index in [0.717, 1.165) is 44.1 Å². The number of hydrogen-bond donors (Lipinski definition) is 3. The number of rotatable bonds is 7. The molecule has 4 aromatic carbocycles. The van der Waals surface area contributed by atoms with Gasteiger partial charge >= 0.3 is 0 Å². The third-order valence-corrected chi connectivity index (χ3v) is 7.32. The van der Waals surface area contributed by atoms with Crippen LogP contribution in [0, 0.1) is 22.7 Å². The number of nitrogens with zero attached hydrogens (tertiary/aromatic N) is 3. The molecule has 0 aliphatic heterocycles. The van der Waals surface area contributed by atoms with Gasteiger partial charge in [0, 0.05) is 51.2 Å². The maximum absolute atomic E-state index is 12.9. The maximum Gasteiger partial charge on any atom is 0.271 e. The van der Waals surface area contributed by atoms with Crippen LogP contribution in [0.25, 0.3) is 21.8 Å². The van der Waals surface area contributed by atoms with Crippen molar-refractivity contribution in [3.8, 4) is 17.9 Å². The molecule has 3 N–H and O–H groups in total. The van der Waals surface area contributed by atoms with Crippen molar-refractivity contribution in [2.45, 2.75) is 5.92 Å². The predicted molar refractivity (Wildman–Crippen MR) is 161 cm³/mol. The van der Waals surface area contributed by atoms with Gasteiger partial charge in [-0.15, -0.1) is 0 Å². The monoisotopic (exact) mass is 548 g/mol. The lowest BCUT2D eigenvalue weighted by atomic mass is 9.84. The third kappa shape index (κ3) is 4.85. The van der Waals surface area contributed by atoms with Gasteiger partial charge < -0.3 is 14.7 Å². The van der Waals surface area contributed by atoms with Crippen molar-refractivity contribution in [1.29, 1.82) is 10.5 Å². The van der Waals surface area contributed by atoms with Gasteiger partial charge in [-0.25, -0.2) is 5.43 Å². The van der Waals surface area contributed by atoms with Gasteiger partial charge in [0.15, 0.2) is 0 Å².